The summed E-state index contributed by atoms with van der Waals surface area (Å²) in [6, 6.07) is 2.21. The third kappa shape index (κ3) is 3.80. The number of unbranched alkanes of at least 4 members (excludes halogenated alkanes) is 3. The molecule has 5 nitrogen and oxygen atoms in total. The highest BCUT2D eigenvalue weighted by Crippen LogP contribution is 2.29. The lowest BCUT2D eigenvalue weighted by Crippen LogP contribution is -2.19. The van der Waals surface area contributed by atoms with Crippen LogP contribution in [0.25, 0.3) is 0 Å². The highest BCUT2D eigenvalue weighted by molar-refractivity contribution is 5.19. The van der Waals surface area contributed by atoms with Crippen LogP contribution in [-0.4, -0.2) is 28.2 Å². The normalized spacial score (nSPS) is 16.2. The monoisotopic (exact) mass is 276 g/mol. The van der Waals surface area contributed by atoms with E-state index in [1.54, 1.807) is 0 Å². The fraction of sp³-hybridized carbons (Fsp3) is 0.800. The minimum atomic E-state index is 0.363. The van der Waals surface area contributed by atoms with Crippen LogP contribution in [0.1, 0.15) is 62.8 Å². The number of hydrogen-bond acceptors (Lipinski definition) is 4. The summed E-state index contributed by atoms with van der Waals surface area (Å²) in [5, 5.41) is 17.5. The van der Waals surface area contributed by atoms with Crippen molar-refractivity contribution in [3.63, 3.8) is 0 Å². The van der Waals surface area contributed by atoms with E-state index in [0.29, 0.717) is 12.3 Å². The van der Waals surface area contributed by atoms with Crippen molar-refractivity contribution in [2.24, 2.45) is 0 Å². The predicted octanol–water partition coefficient (Wildman–Crippen LogP) is 2.82. The van der Waals surface area contributed by atoms with Gasteiger partial charge in [0.15, 0.2) is 0 Å². The fourth-order valence-corrected chi connectivity index (χ4v) is 2.83. The number of aromatic nitrogens is 3. The first-order chi connectivity index (χ1) is 9.86. The Morgan fingerprint density at radius 1 is 1.30 bits per heavy atom. The number of ether oxygens (including phenoxy) is 1. The molecular weight excluding hydrogens is 252 g/mol. The maximum atomic E-state index is 8.95. The second-order valence-electron chi connectivity index (χ2n) is 5.43. The number of nitriles is 1. The molecule has 0 N–H and O–H groups in total. The van der Waals surface area contributed by atoms with Gasteiger partial charge in [0.25, 0.3) is 0 Å². The highest BCUT2D eigenvalue weighted by Gasteiger charge is 2.24. The second kappa shape index (κ2) is 8.01. The SMILES string of the molecule is CCCCCCn1nnc(CC#N)c1C1CCOCC1. The molecule has 1 aliphatic rings. The molecule has 0 unspecified atom stereocenters. The average molecular weight is 276 g/mol. The molecule has 0 amide bonds. The molecule has 0 radical (unpaired) electrons. The van der Waals surface area contributed by atoms with Crippen molar-refractivity contribution in [3.8, 4) is 6.07 Å². The van der Waals surface area contributed by atoms with Crippen molar-refractivity contribution in [1.29, 1.82) is 5.26 Å². The van der Waals surface area contributed by atoms with Crippen molar-refractivity contribution < 1.29 is 4.74 Å². The molecule has 2 rings (SSSR count). The van der Waals surface area contributed by atoms with Crippen molar-refractivity contribution in [2.45, 2.75) is 64.3 Å². The Balaban J connectivity index is 2.07. The van der Waals surface area contributed by atoms with Gasteiger partial charge in [-0.3, -0.25) is 0 Å². The second-order valence-corrected chi connectivity index (χ2v) is 5.43. The summed E-state index contributed by atoms with van der Waals surface area (Å²) in [5.74, 6) is 0.452. The molecule has 0 bridgehead atoms. The maximum absolute atomic E-state index is 8.95. The van der Waals surface area contributed by atoms with Crippen LogP contribution in [0, 0.1) is 11.3 Å². The molecule has 0 spiro atoms. The molecule has 0 aromatic carbocycles. The molecule has 20 heavy (non-hydrogen) atoms. The molecule has 0 aliphatic carbocycles. The Bertz CT molecular complexity index is 443. The van der Waals surface area contributed by atoms with Crippen LogP contribution in [0.15, 0.2) is 0 Å². The van der Waals surface area contributed by atoms with Crippen LogP contribution in [0.4, 0.5) is 0 Å². The van der Waals surface area contributed by atoms with E-state index in [2.05, 4.69) is 23.3 Å². The van der Waals surface area contributed by atoms with Crippen molar-refractivity contribution >= 4 is 0 Å². The zero-order chi connectivity index (χ0) is 14.2. The summed E-state index contributed by atoms with van der Waals surface area (Å²) >= 11 is 0. The van der Waals surface area contributed by atoms with Gasteiger partial charge in [0, 0.05) is 25.7 Å². The Labute approximate surface area is 120 Å². The van der Waals surface area contributed by atoms with Gasteiger partial charge in [-0.15, -0.1) is 5.10 Å². The summed E-state index contributed by atoms with van der Waals surface area (Å²) < 4.78 is 7.48. The lowest BCUT2D eigenvalue weighted by molar-refractivity contribution is 0.0833. The highest BCUT2D eigenvalue weighted by atomic mass is 16.5. The van der Waals surface area contributed by atoms with Crippen LogP contribution in [0.5, 0.6) is 0 Å². The largest absolute Gasteiger partial charge is 0.381 e. The number of rotatable bonds is 7. The fourth-order valence-electron chi connectivity index (χ4n) is 2.83. The Kier molecular flexibility index (Phi) is 6.00. The van der Waals surface area contributed by atoms with Crippen LogP contribution >= 0.6 is 0 Å². The molecular formula is C15H24N4O. The van der Waals surface area contributed by atoms with E-state index < -0.39 is 0 Å². The Hall–Kier alpha value is -1.41. The van der Waals surface area contributed by atoms with Gasteiger partial charge in [-0.1, -0.05) is 31.4 Å². The van der Waals surface area contributed by atoms with Gasteiger partial charge in [0.2, 0.25) is 0 Å². The van der Waals surface area contributed by atoms with Crippen molar-refractivity contribution in [3.05, 3.63) is 11.4 Å². The molecule has 1 aromatic heterocycles. The Morgan fingerprint density at radius 3 is 2.80 bits per heavy atom. The average Bonchev–Trinajstić information content (AvgIpc) is 2.88. The minimum Gasteiger partial charge on any atom is -0.381 e. The first-order valence-corrected chi connectivity index (χ1v) is 7.73. The van der Waals surface area contributed by atoms with E-state index in [9.17, 15) is 0 Å². The van der Waals surface area contributed by atoms with Gasteiger partial charge in [-0.05, 0) is 19.3 Å². The van der Waals surface area contributed by atoms with Crippen molar-refractivity contribution in [1.82, 2.24) is 15.0 Å². The zero-order valence-electron chi connectivity index (χ0n) is 12.3. The van der Waals surface area contributed by atoms with E-state index in [0.717, 1.165) is 44.7 Å². The van der Waals surface area contributed by atoms with Crippen LogP contribution in [-0.2, 0) is 17.7 Å². The lowest BCUT2D eigenvalue weighted by atomic mass is 9.94. The van der Waals surface area contributed by atoms with Crippen LogP contribution < -0.4 is 0 Å². The summed E-state index contributed by atoms with van der Waals surface area (Å²) in [7, 11) is 0. The molecule has 2 heterocycles. The summed E-state index contributed by atoms with van der Waals surface area (Å²) in [6.45, 7) is 4.74. The van der Waals surface area contributed by atoms with Gasteiger partial charge in [0.05, 0.1) is 18.2 Å². The molecule has 1 aliphatic heterocycles. The van der Waals surface area contributed by atoms with Crippen LogP contribution in [0.2, 0.25) is 0 Å². The van der Waals surface area contributed by atoms with E-state index in [-0.39, 0.29) is 0 Å². The molecule has 110 valence electrons. The first kappa shape index (κ1) is 15.0. The van der Waals surface area contributed by atoms with Crippen LogP contribution in [0.3, 0.4) is 0 Å². The summed E-state index contributed by atoms with van der Waals surface area (Å²) in [6.07, 6.45) is 7.27. The van der Waals surface area contributed by atoms with E-state index >= 15 is 0 Å². The predicted molar refractivity (Wildman–Crippen MR) is 76.3 cm³/mol. The first-order valence-electron chi connectivity index (χ1n) is 7.73. The number of nitrogens with zero attached hydrogens (tertiary/aromatic N) is 4. The smallest absolute Gasteiger partial charge is 0.100 e. The molecule has 0 saturated carbocycles. The topological polar surface area (TPSA) is 63.7 Å². The minimum absolute atomic E-state index is 0.363. The zero-order valence-corrected chi connectivity index (χ0v) is 12.3. The van der Waals surface area contributed by atoms with Crippen molar-refractivity contribution in [2.75, 3.05) is 13.2 Å². The quantitative estimate of drug-likeness (QED) is 0.718. The number of hydrogen-bond donors (Lipinski definition) is 0. The molecule has 1 fully saturated rings. The van der Waals surface area contributed by atoms with Gasteiger partial charge in [-0.25, -0.2) is 4.68 Å². The van der Waals surface area contributed by atoms with Gasteiger partial charge in [0.1, 0.15) is 5.69 Å². The van der Waals surface area contributed by atoms with Gasteiger partial charge >= 0.3 is 0 Å². The van der Waals surface area contributed by atoms with E-state index in [4.69, 9.17) is 10.00 Å². The molecule has 0 atom stereocenters. The summed E-state index contributed by atoms with van der Waals surface area (Å²) in [5.41, 5.74) is 2.06. The third-order valence-electron chi connectivity index (χ3n) is 3.93. The van der Waals surface area contributed by atoms with Gasteiger partial charge in [-0.2, -0.15) is 5.26 Å². The van der Waals surface area contributed by atoms with E-state index in [1.807, 2.05) is 4.68 Å². The third-order valence-corrected chi connectivity index (χ3v) is 3.93. The molecule has 1 aromatic rings. The number of aryl methyl sites for hydroxylation is 1. The molecule has 5 heteroatoms. The van der Waals surface area contributed by atoms with Gasteiger partial charge < -0.3 is 4.74 Å². The lowest BCUT2D eigenvalue weighted by Gasteiger charge is -2.23. The standard InChI is InChI=1S/C15H24N4O/c1-2-3-4-5-10-19-15(13-7-11-20-12-8-13)14(6-9-16)17-18-19/h13H,2-8,10-12H2,1H3. The Morgan fingerprint density at radius 2 is 2.10 bits per heavy atom. The molecule has 1 saturated heterocycles. The maximum Gasteiger partial charge on any atom is 0.100 e. The summed E-state index contributed by atoms with van der Waals surface area (Å²) in [4.78, 5) is 0. The van der Waals surface area contributed by atoms with E-state index in [1.165, 1.54) is 25.0 Å².